The monoisotopic (exact) mass is 195 g/mol. The van der Waals surface area contributed by atoms with Gasteiger partial charge in [0.15, 0.2) is 0 Å². The standard InChI is InChI=1S/C11H17NO2/c1-3-7-12-10(5-6-11(12)13)9-14-8-4-2/h3-4,10H,1-2,5-9H2/t10-/m0/s1. The van der Waals surface area contributed by atoms with E-state index in [-0.39, 0.29) is 11.9 Å². The summed E-state index contributed by atoms with van der Waals surface area (Å²) in [4.78, 5) is 13.2. The molecule has 1 fully saturated rings. The molecule has 3 heteroatoms. The van der Waals surface area contributed by atoms with Crippen LogP contribution in [0.1, 0.15) is 12.8 Å². The molecular weight excluding hydrogens is 178 g/mol. The molecule has 0 saturated carbocycles. The van der Waals surface area contributed by atoms with Gasteiger partial charge in [-0.05, 0) is 6.42 Å². The summed E-state index contributed by atoms with van der Waals surface area (Å²) in [5, 5.41) is 0. The minimum atomic E-state index is 0.206. The Morgan fingerprint density at radius 1 is 1.50 bits per heavy atom. The Balaban J connectivity index is 2.38. The van der Waals surface area contributed by atoms with Crippen molar-refractivity contribution in [1.29, 1.82) is 0 Å². The summed E-state index contributed by atoms with van der Waals surface area (Å²) >= 11 is 0. The van der Waals surface area contributed by atoms with E-state index in [1.54, 1.807) is 12.2 Å². The third-order valence-electron chi connectivity index (χ3n) is 2.32. The molecule has 1 heterocycles. The molecule has 0 unspecified atom stereocenters. The maximum Gasteiger partial charge on any atom is 0.223 e. The lowest BCUT2D eigenvalue weighted by Gasteiger charge is -2.22. The Labute approximate surface area is 85.0 Å². The van der Waals surface area contributed by atoms with Crippen molar-refractivity contribution >= 4 is 5.91 Å². The first kappa shape index (κ1) is 11.0. The van der Waals surface area contributed by atoms with Crippen LogP contribution in [0.2, 0.25) is 0 Å². The SMILES string of the molecule is C=CCOC[C@@H]1CCC(=O)N1CC=C. The number of ether oxygens (including phenoxy) is 1. The van der Waals surface area contributed by atoms with Gasteiger partial charge in [-0.25, -0.2) is 0 Å². The van der Waals surface area contributed by atoms with E-state index >= 15 is 0 Å². The van der Waals surface area contributed by atoms with Crippen LogP contribution in [-0.4, -0.2) is 36.6 Å². The molecule has 0 aromatic heterocycles. The molecule has 0 radical (unpaired) electrons. The third kappa shape index (κ3) is 2.70. The molecule has 14 heavy (non-hydrogen) atoms. The van der Waals surface area contributed by atoms with Crippen molar-refractivity contribution in [2.24, 2.45) is 0 Å². The highest BCUT2D eigenvalue weighted by Gasteiger charge is 2.29. The van der Waals surface area contributed by atoms with E-state index in [0.717, 1.165) is 6.42 Å². The molecule has 1 aliphatic heterocycles. The van der Waals surface area contributed by atoms with Gasteiger partial charge in [0.2, 0.25) is 5.91 Å². The molecule has 3 nitrogen and oxygen atoms in total. The summed E-state index contributed by atoms with van der Waals surface area (Å²) in [5.74, 6) is 0.206. The Hall–Kier alpha value is -1.09. The van der Waals surface area contributed by atoms with Crippen molar-refractivity contribution in [3.05, 3.63) is 25.3 Å². The minimum Gasteiger partial charge on any atom is -0.375 e. The number of amides is 1. The number of rotatable bonds is 6. The lowest BCUT2D eigenvalue weighted by Crippen LogP contribution is -2.36. The maximum absolute atomic E-state index is 11.4. The lowest BCUT2D eigenvalue weighted by molar-refractivity contribution is -0.129. The fourth-order valence-corrected chi connectivity index (χ4v) is 1.64. The van der Waals surface area contributed by atoms with Gasteiger partial charge in [-0.1, -0.05) is 12.2 Å². The van der Waals surface area contributed by atoms with Gasteiger partial charge in [0.05, 0.1) is 19.3 Å². The molecule has 1 aliphatic rings. The molecular formula is C11H17NO2. The maximum atomic E-state index is 11.4. The number of nitrogens with zero attached hydrogens (tertiary/aromatic N) is 1. The normalized spacial score (nSPS) is 21.3. The van der Waals surface area contributed by atoms with Crippen LogP contribution in [0.5, 0.6) is 0 Å². The summed E-state index contributed by atoms with van der Waals surface area (Å²) in [6.07, 6.45) is 5.00. The second kappa shape index (κ2) is 5.60. The van der Waals surface area contributed by atoms with Crippen LogP contribution in [0.3, 0.4) is 0 Å². The van der Waals surface area contributed by atoms with Crippen LogP contribution in [0.25, 0.3) is 0 Å². The van der Waals surface area contributed by atoms with Gasteiger partial charge in [0.25, 0.3) is 0 Å². The summed E-state index contributed by atoms with van der Waals surface area (Å²) in [6, 6.07) is 0.223. The smallest absolute Gasteiger partial charge is 0.223 e. The second-order valence-corrected chi connectivity index (χ2v) is 3.35. The van der Waals surface area contributed by atoms with Gasteiger partial charge in [-0.3, -0.25) is 4.79 Å². The topological polar surface area (TPSA) is 29.5 Å². The fraction of sp³-hybridized carbons (Fsp3) is 0.545. The van der Waals surface area contributed by atoms with E-state index in [1.807, 2.05) is 4.90 Å². The molecule has 0 aromatic rings. The molecule has 1 saturated heterocycles. The van der Waals surface area contributed by atoms with Gasteiger partial charge >= 0.3 is 0 Å². The zero-order chi connectivity index (χ0) is 10.4. The van der Waals surface area contributed by atoms with Crippen molar-refractivity contribution in [3.63, 3.8) is 0 Å². The zero-order valence-electron chi connectivity index (χ0n) is 8.45. The summed E-state index contributed by atoms with van der Waals surface area (Å²) in [7, 11) is 0. The van der Waals surface area contributed by atoms with E-state index in [1.165, 1.54) is 0 Å². The van der Waals surface area contributed by atoms with Crippen molar-refractivity contribution < 1.29 is 9.53 Å². The summed E-state index contributed by atoms with van der Waals surface area (Å²) in [5.41, 5.74) is 0. The predicted octanol–water partition coefficient (Wildman–Crippen LogP) is 1.37. The van der Waals surface area contributed by atoms with Gasteiger partial charge in [0, 0.05) is 13.0 Å². The number of likely N-dealkylation sites (tertiary alicyclic amines) is 1. The summed E-state index contributed by atoms with van der Waals surface area (Å²) in [6.45, 7) is 8.99. The second-order valence-electron chi connectivity index (χ2n) is 3.35. The fourth-order valence-electron chi connectivity index (χ4n) is 1.64. The zero-order valence-corrected chi connectivity index (χ0v) is 8.45. The Kier molecular flexibility index (Phi) is 4.40. The van der Waals surface area contributed by atoms with Crippen LogP contribution in [0, 0.1) is 0 Å². The predicted molar refractivity (Wildman–Crippen MR) is 55.9 cm³/mol. The number of hydrogen-bond donors (Lipinski definition) is 0. The van der Waals surface area contributed by atoms with Crippen LogP contribution >= 0.6 is 0 Å². The summed E-state index contributed by atoms with van der Waals surface area (Å²) < 4.78 is 5.35. The molecule has 1 rings (SSSR count). The van der Waals surface area contributed by atoms with Gasteiger partial charge in [-0.2, -0.15) is 0 Å². The molecule has 0 bridgehead atoms. The minimum absolute atomic E-state index is 0.206. The third-order valence-corrected chi connectivity index (χ3v) is 2.32. The van der Waals surface area contributed by atoms with E-state index in [9.17, 15) is 4.79 Å². The van der Waals surface area contributed by atoms with Crippen molar-refractivity contribution in [1.82, 2.24) is 4.90 Å². The highest BCUT2D eigenvalue weighted by molar-refractivity contribution is 5.78. The first-order valence-electron chi connectivity index (χ1n) is 4.88. The molecule has 78 valence electrons. The van der Waals surface area contributed by atoms with Crippen LogP contribution in [0.4, 0.5) is 0 Å². The molecule has 0 aromatic carbocycles. The van der Waals surface area contributed by atoms with Crippen LogP contribution < -0.4 is 0 Å². The molecule has 1 amide bonds. The molecule has 1 atom stereocenters. The number of carbonyl (C=O) groups is 1. The van der Waals surface area contributed by atoms with E-state index in [2.05, 4.69) is 13.2 Å². The Morgan fingerprint density at radius 2 is 2.29 bits per heavy atom. The largest absolute Gasteiger partial charge is 0.375 e. The lowest BCUT2D eigenvalue weighted by atomic mass is 10.2. The van der Waals surface area contributed by atoms with Crippen LogP contribution in [0.15, 0.2) is 25.3 Å². The first-order valence-corrected chi connectivity index (χ1v) is 4.88. The van der Waals surface area contributed by atoms with Crippen LogP contribution in [-0.2, 0) is 9.53 Å². The van der Waals surface area contributed by atoms with E-state index in [4.69, 9.17) is 4.74 Å². The average Bonchev–Trinajstić information content (AvgIpc) is 2.51. The highest BCUT2D eigenvalue weighted by Crippen LogP contribution is 2.18. The van der Waals surface area contributed by atoms with Crippen molar-refractivity contribution in [2.75, 3.05) is 19.8 Å². The molecule has 0 spiro atoms. The van der Waals surface area contributed by atoms with E-state index in [0.29, 0.717) is 26.2 Å². The van der Waals surface area contributed by atoms with Crippen molar-refractivity contribution in [2.45, 2.75) is 18.9 Å². The average molecular weight is 195 g/mol. The Bertz CT molecular complexity index is 225. The van der Waals surface area contributed by atoms with Gasteiger partial charge < -0.3 is 9.64 Å². The quantitative estimate of drug-likeness (QED) is 0.473. The molecule has 0 N–H and O–H groups in total. The highest BCUT2D eigenvalue weighted by atomic mass is 16.5. The Morgan fingerprint density at radius 3 is 2.93 bits per heavy atom. The van der Waals surface area contributed by atoms with Gasteiger partial charge in [0.1, 0.15) is 0 Å². The molecule has 0 aliphatic carbocycles. The van der Waals surface area contributed by atoms with Gasteiger partial charge in [-0.15, -0.1) is 13.2 Å². The van der Waals surface area contributed by atoms with Crippen molar-refractivity contribution in [3.8, 4) is 0 Å². The number of hydrogen-bond acceptors (Lipinski definition) is 2. The number of carbonyl (C=O) groups excluding carboxylic acids is 1. The van der Waals surface area contributed by atoms with E-state index < -0.39 is 0 Å². The first-order chi connectivity index (χ1) is 6.79.